The zero-order valence-electron chi connectivity index (χ0n) is 14.4. The van der Waals surface area contributed by atoms with Crippen LogP contribution < -0.4 is 14.8 Å². The van der Waals surface area contributed by atoms with E-state index in [1.807, 2.05) is 36.4 Å². The molecule has 0 unspecified atom stereocenters. The first-order valence-corrected chi connectivity index (χ1v) is 8.03. The molecule has 0 bridgehead atoms. The molecular weight excluding hydrogens is 330 g/mol. The highest BCUT2D eigenvalue weighted by atomic mass is 16.5. The van der Waals surface area contributed by atoms with Gasteiger partial charge in [-0.3, -0.25) is 0 Å². The molecule has 0 radical (unpaired) electrons. The Balaban J connectivity index is 1.75. The number of pyridine rings is 1. The van der Waals surface area contributed by atoms with Crippen LogP contribution in [0.15, 0.2) is 61.1 Å². The fourth-order valence-electron chi connectivity index (χ4n) is 2.77. The summed E-state index contributed by atoms with van der Waals surface area (Å²) in [5.74, 6) is 2.12. The Labute approximate surface area is 150 Å². The Morgan fingerprint density at radius 1 is 0.885 bits per heavy atom. The Morgan fingerprint density at radius 3 is 2.54 bits per heavy atom. The molecule has 130 valence electrons. The van der Waals surface area contributed by atoms with Gasteiger partial charge in [0.05, 0.1) is 37.9 Å². The molecule has 26 heavy (non-hydrogen) atoms. The molecular formula is C19H17N5O2. The zero-order chi connectivity index (χ0) is 17.9. The van der Waals surface area contributed by atoms with E-state index in [2.05, 4.69) is 20.4 Å². The van der Waals surface area contributed by atoms with Crippen molar-refractivity contribution in [1.82, 2.24) is 19.6 Å². The van der Waals surface area contributed by atoms with E-state index in [1.165, 1.54) is 0 Å². The summed E-state index contributed by atoms with van der Waals surface area (Å²) < 4.78 is 12.3. The monoisotopic (exact) mass is 347 g/mol. The van der Waals surface area contributed by atoms with Gasteiger partial charge in [0.2, 0.25) is 5.88 Å². The molecule has 3 heterocycles. The van der Waals surface area contributed by atoms with Gasteiger partial charge in [0.1, 0.15) is 11.6 Å². The highest BCUT2D eigenvalue weighted by molar-refractivity contribution is 5.82. The van der Waals surface area contributed by atoms with E-state index in [0.717, 1.165) is 34.0 Å². The highest BCUT2D eigenvalue weighted by Crippen LogP contribution is 2.32. The van der Waals surface area contributed by atoms with Gasteiger partial charge < -0.3 is 14.8 Å². The van der Waals surface area contributed by atoms with Gasteiger partial charge in [0.25, 0.3) is 0 Å². The molecule has 1 N–H and O–H groups in total. The zero-order valence-corrected chi connectivity index (χ0v) is 14.4. The maximum absolute atomic E-state index is 5.47. The van der Waals surface area contributed by atoms with Crippen molar-refractivity contribution < 1.29 is 9.47 Å². The molecule has 3 aromatic heterocycles. The molecule has 0 fully saturated rings. The molecule has 0 amide bonds. The van der Waals surface area contributed by atoms with Gasteiger partial charge in [-0.15, -0.1) is 0 Å². The Hall–Kier alpha value is -3.61. The second kappa shape index (κ2) is 6.72. The Kier molecular flexibility index (Phi) is 4.10. The number of hydrogen-bond donors (Lipinski definition) is 1. The van der Waals surface area contributed by atoms with Crippen LogP contribution in [0.5, 0.6) is 11.6 Å². The number of anilines is 2. The van der Waals surface area contributed by atoms with Crippen molar-refractivity contribution in [1.29, 1.82) is 0 Å². The van der Waals surface area contributed by atoms with E-state index in [0.29, 0.717) is 5.88 Å². The van der Waals surface area contributed by atoms with Crippen LogP contribution in [-0.2, 0) is 0 Å². The largest absolute Gasteiger partial charge is 0.496 e. The third-order valence-electron chi connectivity index (χ3n) is 4.02. The first-order chi connectivity index (χ1) is 12.8. The lowest BCUT2D eigenvalue weighted by atomic mass is 10.1. The van der Waals surface area contributed by atoms with Crippen molar-refractivity contribution in [3.05, 3.63) is 61.1 Å². The van der Waals surface area contributed by atoms with Crippen LogP contribution in [0.1, 0.15) is 0 Å². The van der Waals surface area contributed by atoms with Gasteiger partial charge in [0, 0.05) is 17.8 Å². The number of nitrogens with zero attached hydrogens (tertiary/aromatic N) is 4. The fourth-order valence-corrected chi connectivity index (χ4v) is 2.77. The molecule has 0 aliphatic heterocycles. The number of benzene rings is 1. The van der Waals surface area contributed by atoms with E-state index in [9.17, 15) is 0 Å². The second-order valence-electron chi connectivity index (χ2n) is 5.54. The third kappa shape index (κ3) is 2.79. The first-order valence-electron chi connectivity index (χ1n) is 8.03. The summed E-state index contributed by atoms with van der Waals surface area (Å²) in [5.41, 5.74) is 3.41. The predicted molar refractivity (Wildman–Crippen MR) is 99.0 cm³/mol. The molecule has 4 rings (SSSR count). The summed E-state index contributed by atoms with van der Waals surface area (Å²) in [6.45, 7) is 0. The molecule has 7 nitrogen and oxygen atoms in total. The van der Waals surface area contributed by atoms with Crippen LogP contribution >= 0.6 is 0 Å². The molecule has 0 aliphatic carbocycles. The van der Waals surface area contributed by atoms with E-state index in [-0.39, 0.29) is 0 Å². The van der Waals surface area contributed by atoms with Crippen molar-refractivity contribution in [3.8, 4) is 22.8 Å². The molecule has 0 atom stereocenters. The van der Waals surface area contributed by atoms with Gasteiger partial charge in [-0.1, -0.05) is 18.2 Å². The minimum Gasteiger partial charge on any atom is -0.496 e. The van der Waals surface area contributed by atoms with Gasteiger partial charge >= 0.3 is 0 Å². The average Bonchev–Trinajstić information content (AvgIpc) is 3.13. The molecule has 4 aromatic rings. The Morgan fingerprint density at radius 2 is 1.77 bits per heavy atom. The minimum absolute atomic E-state index is 0.563. The van der Waals surface area contributed by atoms with E-state index in [4.69, 9.17) is 9.47 Å². The average molecular weight is 347 g/mol. The number of nitrogens with one attached hydrogen (secondary N) is 1. The lowest BCUT2D eigenvalue weighted by molar-refractivity contribution is 0.398. The summed E-state index contributed by atoms with van der Waals surface area (Å²) in [6.07, 6.45) is 5.24. The second-order valence-corrected chi connectivity index (χ2v) is 5.54. The Bertz CT molecular complexity index is 1040. The molecule has 0 saturated carbocycles. The van der Waals surface area contributed by atoms with Gasteiger partial charge in [-0.05, 0) is 18.2 Å². The van der Waals surface area contributed by atoms with Crippen LogP contribution in [0.4, 0.5) is 11.5 Å². The standard InChI is InChI=1S/C19H17N5O2/c1-25-16-6-4-3-5-14(16)15-12-22-24-17(9-10-20-19(15)24)23-13-7-8-18(26-2)21-11-13/h3-12,23H,1-2H3. The molecule has 0 saturated heterocycles. The SMILES string of the molecule is COc1ccc(Nc2ccnc3c(-c4ccccc4OC)cnn23)cn1. The molecule has 7 heteroatoms. The summed E-state index contributed by atoms with van der Waals surface area (Å²) in [5, 5.41) is 7.79. The van der Waals surface area contributed by atoms with Gasteiger partial charge in [-0.25, -0.2) is 9.97 Å². The number of methoxy groups -OCH3 is 2. The summed E-state index contributed by atoms with van der Waals surface area (Å²) in [7, 11) is 3.24. The van der Waals surface area contributed by atoms with Gasteiger partial charge in [-0.2, -0.15) is 9.61 Å². The van der Waals surface area contributed by atoms with Crippen molar-refractivity contribution in [2.45, 2.75) is 0 Å². The quantitative estimate of drug-likeness (QED) is 0.595. The van der Waals surface area contributed by atoms with Crippen LogP contribution in [0, 0.1) is 0 Å². The van der Waals surface area contributed by atoms with Crippen molar-refractivity contribution in [2.75, 3.05) is 19.5 Å². The maximum Gasteiger partial charge on any atom is 0.213 e. The maximum atomic E-state index is 5.47. The fraction of sp³-hybridized carbons (Fsp3) is 0.105. The molecule has 1 aromatic carbocycles. The van der Waals surface area contributed by atoms with Crippen LogP contribution in [-0.4, -0.2) is 33.8 Å². The summed E-state index contributed by atoms with van der Waals surface area (Å²) >= 11 is 0. The summed E-state index contributed by atoms with van der Waals surface area (Å²) in [4.78, 5) is 8.69. The first kappa shape index (κ1) is 15.9. The molecule has 0 spiro atoms. The van der Waals surface area contributed by atoms with E-state index >= 15 is 0 Å². The number of ether oxygens (including phenoxy) is 2. The predicted octanol–water partition coefficient (Wildman–Crippen LogP) is 3.55. The highest BCUT2D eigenvalue weighted by Gasteiger charge is 2.14. The molecule has 0 aliphatic rings. The number of para-hydroxylation sites is 1. The van der Waals surface area contributed by atoms with Crippen molar-refractivity contribution in [3.63, 3.8) is 0 Å². The van der Waals surface area contributed by atoms with Crippen LogP contribution in [0.2, 0.25) is 0 Å². The lowest BCUT2D eigenvalue weighted by Gasteiger charge is -2.09. The topological polar surface area (TPSA) is 73.6 Å². The smallest absolute Gasteiger partial charge is 0.213 e. The van der Waals surface area contributed by atoms with Gasteiger partial charge in [0.15, 0.2) is 5.65 Å². The van der Waals surface area contributed by atoms with Crippen molar-refractivity contribution >= 4 is 17.2 Å². The normalized spacial score (nSPS) is 10.7. The third-order valence-corrected chi connectivity index (χ3v) is 4.02. The lowest BCUT2D eigenvalue weighted by Crippen LogP contribution is -2.01. The van der Waals surface area contributed by atoms with Crippen LogP contribution in [0.3, 0.4) is 0 Å². The number of rotatable bonds is 5. The number of aromatic nitrogens is 4. The van der Waals surface area contributed by atoms with Crippen LogP contribution in [0.25, 0.3) is 16.8 Å². The number of fused-ring (bicyclic) bond motifs is 1. The summed E-state index contributed by atoms with van der Waals surface area (Å²) in [6, 6.07) is 13.4. The van der Waals surface area contributed by atoms with E-state index < -0.39 is 0 Å². The van der Waals surface area contributed by atoms with Crippen molar-refractivity contribution in [2.24, 2.45) is 0 Å². The number of hydrogen-bond acceptors (Lipinski definition) is 6. The minimum atomic E-state index is 0.563. The van der Waals surface area contributed by atoms with E-state index in [1.54, 1.807) is 43.4 Å².